The molecule has 0 saturated carbocycles. The zero-order valence-corrected chi connectivity index (χ0v) is 10.6. The first kappa shape index (κ1) is 14.0. The number of rotatable bonds is 9. The molecule has 2 unspecified atom stereocenters. The maximum Gasteiger partial charge on any atom is 0.00639 e. The minimum absolute atomic E-state index is 0.758. The summed E-state index contributed by atoms with van der Waals surface area (Å²) < 4.78 is 0. The van der Waals surface area contributed by atoms with Crippen LogP contribution in [0.4, 0.5) is 0 Å². The highest BCUT2D eigenvalue weighted by Gasteiger charge is 2.06. The third-order valence-corrected chi connectivity index (χ3v) is 3.08. The molecular weight excluding hydrogens is 170 g/mol. The van der Waals surface area contributed by atoms with Gasteiger partial charge in [0.25, 0.3) is 0 Å². The monoisotopic (exact) mass is 199 g/mol. The first-order valence-electron chi connectivity index (χ1n) is 6.41. The molecule has 0 heterocycles. The number of nitrogens with one attached hydrogen (secondary N) is 1. The normalized spacial score (nSPS) is 15.4. The van der Waals surface area contributed by atoms with Crippen molar-refractivity contribution >= 4 is 0 Å². The molecule has 1 nitrogen and oxygen atoms in total. The van der Waals surface area contributed by atoms with E-state index in [-0.39, 0.29) is 0 Å². The molecule has 0 amide bonds. The molecule has 14 heavy (non-hydrogen) atoms. The molecular formula is C13H29N. The van der Waals surface area contributed by atoms with E-state index in [1.165, 1.54) is 44.9 Å². The molecule has 0 spiro atoms. The van der Waals surface area contributed by atoms with Crippen LogP contribution in [0.5, 0.6) is 0 Å². The molecule has 0 aromatic heterocycles. The van der Waals surface area contributed by atoms with Gasteiger partial charge in [0.15, 0.2) is 0 Å². The molecule has 1 N–H and O–H groups in total. The molecule has 2 atom stereocenters. The smallest absolute Gasteiger partial charge is 0.00639 e. The van der Waals surface area contributed by atoms with Crippen LogP contribution >= 0.6 is 0 Å². The van der Waals surface area contributed by atoms with E-state index < -0.39 is 0 Å². The molecule has 0 aromatic carbocycles. The fraction of sp³-hybridized carbons (Fsp3) is 1.00. The highest BCUT2D eigenvalue weighted by molar-refractivity contribution is 4.64. The maximum atomic E-state index is 3.41. The molecule has 0 aliphatic rings. The second-order valence-electron chi connectivity index (χ2n) is 4.60. The number of hydrogen-bond acceptors (Lipinski definition) is 1. The molecule has 0 bridgehead atoms. The summed E-state index contributed by atoms with van der Waals surface area (Å²) in [4.78, 5) is 0. The van der Waals surface area contributed by atoms with E-state index in [9.17, 15) is 0 Å². The van der Waals surface area contributed by atoms with Gasteiger partial charge in [-0.05, 0) is 25.8 Å². The molecule has 0 aromatic rings. The van der Waals surface area contributed by atoms with Crippen LogP contribution in [0.25, 0.3) is 0 Å². The topological polar surface area (TPSA) is 12.0 Å². The molecule has 0 radical (unpaired) electrons. The van der Waals surface area contributed by atoms with Crippen LogP contribution in [0.3, 0.4) is 0 Å². The van der Waals surface area contributed by atoms with E-state index in [1.54, 1.807) is 0 Å². The minimum Gasteiger partial charge on any atom is -0.317 e. The second kappa shape index (κ2) is 9.51. The predicted octanol–water partition coefficient (Wildman–Crippen LogP) is 3.98. The van der Waals surface area contributed by atoms with Gasteiger partial charge in [-0.3, -0.25) is 0 Å². The third-order valence-electron chi connectivity index (χ3n) is 3.08. The van der Waals surface area contributed by atoms with Crippen LogP contribution in [0.15, 0.2) is 0 Å². The van der Waals surface area contributed by atoms with Crippen LogP contribution in [-0.4, -0.2) is 13.1 Å². The lowest BCUT2D eigenvalue weighted by atomic mass is 9.96. The highest BCUT2D eigenvalue weighted by Crippen LogP contribution is 2.15. The first-order chi connectivity index (χ1) is 6.74. The van der Waals surface area contributed by atoms with Crippen molar-refractivity contribution in [3.05, 3.63) is 0 Å². The Balaban J connectivity index is 3.40. The molecule has 0 fully saturated rings. The van der Waals surface area contributed by atoms with Crippen LogP contribution in [0.1, 0.15) is 65.7 Å². The van der Waals surface area contributed by atoms with E-state index in [0.717, 1.165) is 12.0 Å². The molecule has 0 rings (SSSR count). The Bertz CT molecular complexity index is 112. The summed E-state index contributed by atoms with van der Waals surface area (Å²) in [6.07, 6.45) is 9.54. The van der Waals surface area contributed by atoms with Gasteiger partial charge < -0.3 is 5.32 Å². The average Bonchev–Trinajstić information content (AvgIpc) is 2.17. The minimum atomic E-state index is 0.758. The van der Waals surface area contributed by atoms with Crippen molar-refractivity contribution < 1.29 is 0 Å². The predicted molar refractivity (Wildman–Crippen MR) is 65.7 cm³/mol. The molecule has 1 heteroatoms. The van der Waals surface area contributed by atoms with Gasteiger partial charge in [-0.1, -0.05) is 52.9 Å². The van der Waals surface area contributed by atoms with Crippen molar-refractivity contribution in [2.24, 2.45) is 5.92 Å². The van der Waals surface area contributed by atoms with Crippen molar-refractivity contribution in [2.45, 2.75) is 71.8 Å². The Labute approximate surface area is 90.7 Å². The highest BCUT2D eigenvalue weighted by atomic mass is 14.9. The van der Waals surface area contributed by atoms with Gasteiger partial charge in [-0.2, -0.15) is 0 Å². The Morgan fingerprint density at radius 3 is 2.07 bits per heavy atom. The summed E-state index contributed by atoms with van der Waals surface area (Å²) in [5.41, 5.74) is 0. The van der Waals surface area contributed by atoms with Gasteiger partial charge in [-0.25, -0.2) is 0 Å². The van der Waals surface area contributed by atoms with E-state index in [0.29, 0.717) is 0 Å². The molecule has 0 saturated heterocycles. The second-order valence-corrected chi connectivity index (χ2v) is 4.60. The Kier molecular flexibility index (Phi) is 9.49. The summed E-state index contributed by atoms with van der Waals surface area (Å²) in [5.74, 6) is 0.930. The van der Waals surface area contributed by atoms with Crippen LogP contribution in [0.2, 0.25) is 0 Å². The number of hydrogen-bond donors (Lipinski definition) is 1. The van der Waals surface area contributed by atoms with E-state index >= 15 is 0 Å². The van der Waals surface area contributed by atoms with Gasteiger partial charge in [0, 0.05) is 6.04 Å². The summed E-state index contributed by atoms with van der Waals surface area (Å²) >= 11 is 0. The van der Waals surface area contributed by atoms with Gasteiger partial charge in [0.1, 0.15) is 0 Å². The lowest BCUT2D eigenvalue weighted by Crippen LogP contribution is -2.24. The molecule has 0 aliphatic carbocycles. The average molecular weight is 199 g/mol. The van der Waals surface area contributed by atoms with Crippen LogP contribution in [0, 0.1) is 5.92 Å². The van der Waals surface area contributed by atoms with Crippen molar-refractivity contribution in [1.29, 1.82) is 0 Å². The molecule has 86 valence electrons. The van der Waals surface area contributed by atoms with Gasteiger partial charge in [0.2, 0.25) is 0 Å². The quantitative estimate of drug-likeness (QED) is 0.592. The first-order valence-corrected chi connectivity index (χ1v) is 6.41. The zero-order valence-electron chi connectivity index (χ0n) is 10.6. The maximum absolute atomic E-state index is 3.41. The Hall–Kier alpha value is -0.0400. The summed E-state index contributed by atoms with van der Waals surface area (Å²) in [5, 5.41) is 3.41. The van der Waals surface area contributed by atoms with Crippen LogP contribution in [-0.2, 0) is 0 Å². The van der Waals surface area contributed by atoms with Gasteiger partial charge in [0.05, 0.1) is 0 Å². The lowest BCUT2D eigenvalue weighted by molar-refractivity contribution is 0.411. The fourth-order valence-electron chi connectivity index (χ4n) is 2.13. The van der Waals surface area contributed by atoms with Crippen LogP contribution < -0.4 is 5.32 Å². The Morgan fingerprint density at radius 1 is 0.929 bits per heavy atom. The SMILES string of the molecule is CCCC(C)CCCC(CCC)NC. The van der Waals surface area contributed by atoms with Crippen molar-refractivity contribution in [3.63, 3.8) is 0 Å². The third kappa shape index (κ3) is 7.37. The van der Waals surface area contributed by atoms with Crippen molar-refractivity contribution in [3.8, 4) is 0 Å². The zero-order chi connectivity index (χ0) is 10.8. The summed E-state index contributed by atoms with van der Waals surface area (Å²) in [6.45, 7) is 6.94. The Morgan fingerprint density at radius 2 is 1.57 bits per heavy atom. The van der Waals surface area contributed by atoms with Gasteiger partial charge >= 0.3 is 0 Å². The van der Waals surface area contributed by atoms with E-state index in [2.05, 4.69) is 33.1 Å². The van der Waals surface area contributed by atoms with Crippen molar-refractivity contribution in [1.82, 2.24) is 5.32 Å². The largest absolute Gasteiger partial charge is 0.317 e. The fourth-order valence-corrected chi connectivity index (χ4v) is 2.13. The van der Waals surface area contributed by atoms with E-state index in [1.807, 2.05) is 0 Å². The van der Waals surface area contributed by atoms with Gasteiger partial charge in [-0.15, -0.1) is 0 Å². The lowest BCUT2D eigenvalue weighted by Gasteiger charge is -2.16. The standard InChI is InChI=1S/C13H29N/c1-5-8-12(3)10-7-11-13(14-4)9-6-2/h12-14H,5-11H2,1-4H3. The van der Waals surface area contributed by atoms with E-state index in [4.69, 9.17) is 0 Å². The summed E-state index contributed by atoms with van der Waals surface area (Å²) in [7, 11) is 2.09. The molecule has 0 aliphatic heterocycles. The van der Waals surface area contributed by atoms with Crippen molar-refractivity contribution in [2.75, 3.05) is 7.05 Å². The summed E-state index contributed by atoms with van der Waals surface area (Å²) in [6, 6.07) is 0.758.